The second kappa shape index (κ2) is 13.2. The van der Waals surface area contributed by atoms with Gasteiger partial charge in [-0.2, -0.15) is 0 Å². The molecule has 38 heavy (non-hydrogen) atoms. The van der Waals surface area contributed by atoms with Crippen molar-refractivity contribution in [1.82, 2.24) is 10.2 Å². The van der Waals surface area contributed by atoms with Crippen LogP contribution < -0.4 is 19.1 Å². The highest BCUT2D eigenvalue weighted by Gasteiger charge is 2.27. The van der Waals surface area contributed by atoms with Crippen molar-refractivity contribution in [3.63, 3.8) is 0 Å². The number of ether oxygens (including phenoxy) is 2. The number of carbonyl (C=O) groups is 2. The normalized spacial score (nSPS) is 14.3. The van der Waals surface area contributed by atoms with Crippen molar-refractivity contribution >= 4 is 39.1 Å². The highest BCUT2D eigenvalue weighted by Crippen LogP contribution is 2.34. The van der Waals surface area contributed by atoms with Gasteiger partial charge in [0.15, 0.2) is 11.5 Å². The number of amides is 2. The first-order valence-electron chi connectivity index (χ1n) is 12.7. The summed E-state index contributed by atoms with van der Waals surface area (Å²) in [6.07, 6.45) is 2.22. The van der Waals surface area contributed by atoms with E-state index in [-0.39, 0.29) is 43.8 Å². The number of nitrogens with zero attached hydrogens (tertiary/aromatic N) is 2. The Morgan fingerprint density at radius 1 is 1.05 bits per heavy atom. The van der Waals surface area contributed by atoms with E-state index in [2.05, 4.69) is 5.32 Å². The predicted octanol–water partition coefficient (Wildman–Crippen LogP) is 3.99. The van der Waals surface area contributed by atoms with Gasteiger partial charge in [-0.15, -0.1) is 0 Å². The van der Waals surface area contributed by atoms with Gasteiger partial charge in [-0.1, -0.05) is 30.7 Å². The van der Waals surface area contributed by atoms with E-state index in [0.717, 1.165) is 18.2 Å². The number of rotatable bonds is 12. The van der Waals surface area contributed by atoms with Gasteiger partial charge in [0.25, 0.3) is 0 Å². The van der Waals surface area contributed by atoms with Crippen molar-refractivity contribution in [3.05, 3.63) is 53.1 Å². The Kier molecular flexibility index (Phi) is 10.3. The lowest BCUT2D eigenvalue weighted by molar-refractivity contribution is -0.140. The van der Waals surface area contributed by atoms with Gasteiger partial charge >= 0.3 is 0 Å². The molecule has 1 aliphatic heterocycles. The molecule has 208 valence electrons. The minimum atomic E-state index is -3.63. The van der Waals surface area contributed by atoms with Gasteiger partial charge in [-0.05, 0) is 56.5 Å². The summed E-state index contributed by atoms with van der Waals surface area (Å²) >= 11 is 6.01. The van der Waals surface area contributed by atoms with Crippen molar-refractivity contribution in [2.45, 2.75) is 58.7 Å². The van der Waals surface area contributed by atoms with Crippen LogP contribution in [-0.2, 0) is 26.2 Å². The first-order valence-corrected chi connectivity index (χ1v) is 14.9. The molecule has 0 saturated heterocycles. The Morgan fingerprint density at radius 3 is 2.34 bits per heavy atom. The average Bonchev–Trinajstić information content (AvgIpc) is 2.89. The Morgan fingerprint density at radius 2 is 1.71 bits per heavy atom. The zero-order valence-corrected chi connectivity index (χ0v) is 23.8. The predicted molar refractivity (Wildman–Crippen MR) is 148 cm³/mol. The van der Waals surface area contributed by atoms with E-state index in [1.807, 2.05) is 26.0 Å². The van der Waals surface area contributed by atoms with E-state index < -0.39 is 16.1 Å². The summed E-state index contributed by atoms with van der Waals surface area (Å²) in [4.78, 5) is 27.8. The number of nitrogens with one attached hydrogen (secondary N) is 1. The van der Waals surface area contributed by atoms with Gasteiger partial charge in [-0.25, -0.2) is 8.42 Å². The topological polar surface area (TPSA) is 105 Å². The van der Waals surface area contributed by atoms with Crippen LogP contribution in [0.1, 0.15) is 45.6 Å². The summed E-state index contributed by atoms with van der Waals surface area (Å²) in [5.74, 6) is 0.554. The van der Waals surface area contributed by atoms with E-state index in [4.69, 9.17) is 21.1 Å². The standard InChI is InChI=1S/C27H36ClN3O6S/c1-5-19(2)29-27(33)20(3)30(18-21-8-10-22(28)11-9-21)26(32)7-6-14-31(38(4,34)35)23-12-13-24-25(17-23)37-16-15-36-24/h8-13,17,19-20H,5-7,14-16,18H2,1-4H3,(H,29,33)/t19-,20-/m1/s1. The molecule has 2 aromatic rings. The summed E-state index contributed by atoms with van der Waals surface area (Å²) in [6.45, 7) is 6.72. The molecular formula is C27H36ClN3O6S. The van der Waals surface area contributed by atoms with Crippen molar-refractivity contribution < 1.29 is 27.5 Å². The summed E-state index contributed by atoms with van der Waals surface area (Å²) in [5.41, 5.74) is 1.27. The molecule has 2 atom stereocenters. The quantitative estimate of drug-likeness (QED) is 0.417. The Hall–Kier alpha value is -2.98. The molecule has 1 heterocycles. The van der Waals surface area contributed by atoms with Gasteiger partial charge in [0.2, 0.25) is 21.8 Å². The number of halogens is 1. The van der Waals surface area contributed by atoms with Crippen LogP contribution in [0.3, 0.4) is 0 Å². The van der Waals surface area contributed by atoms with Crippen molar-refractivity contribution in [3.8, 4) is 11.5 Å². The van der Waals surface area contributed by atoms with Gasteiger partial charge in [0, 0.05) is 36.6 Å². The van der Waals surface area contributed by atoms with Gasteiger partial charge in [0.05, 0.1) is 11.9 Å². The van der Waals surface area contributed by atoms with Gasteiger partial charge < -0.3 is 19.7 Å². The molecule has 0 radical (unpaired) electrons. The van der Waals surface area contributed by atoms with Crippen LogP contribution >= 0.6 is 11.6 Å². The van der Waals surface area contributed by atoms with Crippen LogP contribution in [0.2, 0.25) is 5.02 Å². The number of hydrogen-bond donors (Lipinski definition) is 1. The smallest absolute Gasteiger partial charge is 0.242 e. The molecule has 3 rings (SSSR count). The van der Waals surface area contributed by atoms with E-state index in [1.54, 1.807) is 37.3 Å². The second-order valence-corrected chi connectivity index (χ2v) is 11.8. The minimum Gasteiger partial charge on any atom is -0.486 e. The fourth-order valence-corrected chi connectivity index (χ4v) is 5.11. The van der Waals surface area contributed by atoms with Crippen LogP contribution in [0.5, 0.6) is 11.5 Å². The van der Waals surface area contributed by atoms with Gasteiger partial charge in [0.1, 0.15) is 19.3 Å². The molecule has 9 nitrogen and oxygen atoms in total. The lowest BCUT2D eigenvalue weighted by atomic mass is 10.1. The summed E-state index contributed by atoms with van der Waals surface area (Å²) in [7, 11) is -3.63. The maximum Gasteiger partial charge on any atom is 0.242 e. The lowest BCUT2D eigenvalue weighted by Crippen LogP contribution is -2.49. The lowest BCUT2D eigenvalue weighted by Gasteiger charge is -2.30. The minimum absolute atomic E-state index is 0.0215. The van der Waals surface area contributed by atoms with Crippen LogP contribution in [0, 0.1) is 0 Å². The molecule has 0 spiro atoms. The molecule has 0 aromatic heterocycles. The Bertz CT molecular complexity index is 1220. The molecule has 0 bridgehead atoms. The first-order chi connectivity index (χ1) is 18.0. The van der Waals surface area contributed by atoms with Crippen LogP contribution in [-0.4, -0.2) is 63.2 Å². The number of anilines is 1. The largest absolute Gasteiger partial charge is 0.486 e. The third-order valence-corrected chi connectivity index (χ3v) is 7.85. The van der Waals surface area contributed by atoms with Crippen molar-refractivity contribution in [2.75, 3.05) is 30.3 Å². The fraction of sp³-hybridized carbons (Fsp3) is 0.481. The number of sulfonamides is 1. The summed E-state index contributed by atoms with van der Waals surface area (Å²) in [6, 6.07) is 11.3. The molecule has 1 aliphatic rings. The monoisotopic (exact) mass is 565 g/mol. The summed E-state index contributed by atoms with van der Waals surface area (Å²) < 4.78 is 37.6. The molecule has 2 aromatic carbocycles. The number of fused-ring (bicyclic) bond motifs is 1. The van der Waals surface area contributed by atoms with Crippen LogP contribution in [0.4, 0.5) is 5.69 Å². The number of carbonyl (C=O) groups excluding carboxylic acids is 2. The van der Waals surface area contributed by atoms with Crippen molar-refractivity contribution in [2.24, 2.45) is 0 Å². The zero-order chi connectivity index (χ0) is 27.9. The molecule has 11 heteroatoms. The number of benzene rings is 2. The average molecular weight is 566 g/mol. The second-order valence-electron chi connectivity index (χ2n) is 9.41. The molecule has 0 saturated carbocycles. The zero-order valence-electron chi connectivity index (χ0n) is 22.3. The Balaban J connectivity index is 1.73. The van der Waals surface area contributed by atoms with E-state index in [9.17, 15) is 18.0 Å². The maximum atomic E-state index is 13.4. The summed E-state index contributed by atoms with van der Waals surface area (Å²) in [5, 5.41) is 3.51. The maximum absolute atomic E-state index is 13.4. The van der Waals surface area contributed by atoms with E-state index >= 15 is 0 Å². The van der Waals surface area contributed by atoms with Crippen LogP contribution in [0.25, 0.3) is 0 Å². The molecule has 0 unspecified atom stereocenters. The highest BCUT2D eigenvalue weighted by molar-refractivity contribution is 7.92. The molecule has 0 aliphatic carbocycles. The molecule has 1 N–H and O–H groups in total. The Labute approximate surface area is 230 Å². The third-order valence-electron chi connectivity index (χ3n) is 6.40. The first kappa shape index (κ1) is 29.6. The highest BCUT2D eigenvalue weighted by atomic mass is 35.5. The van der Waals surface area contributed by atoms with E-state index in [1.165, 1.54) is 9.21 Å². The third kappa shape index (κ3) is 8.01. The molecule has 2 amide bonds. The molecule has 0 fully saturated rings. The molecular weight excluding hydrogens is 530 g/mol. The van der Waals surface area contributed by atoms with Gasteiger partial charge in [-0.3, -0.25) is 13.9 Å². The fourth-order valence-electron chi connectivity index (χ4n) is 4.03. The number of hydrogen-bond acceptors (Lipinski definition) is 6. The van der Waals surface area contributed by atoms with E-state index in [0.29, 0.717) is 35.4 Å². The SMILES string of the molecule is CC[C@@H](C)NC(=O)[C@@H](C)N(Cc1ccc(Cl)cc1)C(=O)CCCN(c1ccc2c(c1)OCCO2)S(C)(=O)=O. The van der Waals surface area contributed by atoms with Crippen molar-refractivity contribution in [1.29, 1.82) is 0 Å². The van der Waals surface area contributed by atoms with Crippen LogP contribution in [0.15, 0.2) is 42.5 Å².